The third-order valence-corrected chi connectivity index (χ3v) is 4.15. The lowest BCUT2D eigenvalue weighted by atomic mass is 10.1. The number of aryl methyl sites for hydroxylation is 2. The first kappa shape index (κ1) is 18.7. The maximum atomic E-state index is 4.79. The summed E-state index contributed by atoms with van der Waals surface area (Å²) in [6.07, 6.45) is 1.87. The van der Waals surface area contributed by atoms with Crippen LogP contribution in [0.2, 0.25) is 0 Å². The molecule has 3 aromatic heterocycles. The Kier molecular flexibility index (Phi) is 5.65. The maximum absolute atomic E-state index is 4.79. The number of H-pyrrole nitrogens is 1. The molecule has 3 nitrogen and oxygen atoms in total. The van der Waals surface area contributed by atoms with Crippen LogP contribution in [0.25, 0.3) is 33.3 Å². The topological polar surface area (TPSA) is 41.6 Å². The van der Waals surface area contributed by atoms with Crippen molar-refractivity contribution >= 4 is 34.6 Å². The molecule has 1 N–H and O–H groups in total. The number of aromatic nitrogens is 3. The van der Waals surface area contributed by atoms with Crippen molar-refractivity contribution in [2.24, 2.45) is 0 Å². The van der Waals surface area contributed by atoms with Crippen molar-refractivity contribution in [3.8, 4) is 11.4 Å². The molecule has 1 aromatic carbocycles. The first-order valence-corrected chi connectivity index (χ1v) is 8.11. The first-order valence-electron chi connectivity index (χ1n) is 7.66. The number of benzene rings is 1. The molecule has 4 rings (SSSR count). The molecule has 0 unspecified atom stereocenters. The van der Waals surface area contributed by atoms with Crippen LogP contribution in [0.3, 0.4) is 0 Å². The predicted molar refractivity (Wildman–Crippen MR) is 112 cm³/mol. The monoisotopic (exact) mass is 349 g/mol. The Hall–Kier alpha value is -2.59. The summed E-state index contributed by atoms with van der Waals surface area (Å²) in [5, 5.41) is 1.10. The van der Waals surface area contributed by atoms with Gasteiger partial charge in [-0.1, -0.05) is 19.6 Å². The normalized spacial score (nSPS) is 10.2. The number of fused-ring (bicyclic) bond motifs is 2. The fourth-order valence-electron chi connectivity index (χ4n) is 2.70. The standard InChI is InChI=1S/C18H15N3S.C2H4.CH4/c1-10-3-4-12-7-17(22)18(21-13(12)5-10)16-8-14-15(20-16)6-11(2)9-19-14;1-2;/h3-9,20,22H,1-2H3;1-2H2;1H4. The van der Waals surface area contributed by atoms with Crippen molar-refractivity contribution in [2.45, 2.75) is 26.2 Å². The van der Waals surface area contributed by atoms with Crippen LogP contribution < -0.4 is 0 Å². The van der Waals surface area contributed by atoms with Crippen LogP contribution in [0, 0.1) is 13.8 Å². The van der Waals surface area contributed by atoms with E-state index in [9.17, 15) is 0 Å². The van der Waals surface area contributed by atoms with Gasteiger partial charge in [0.2, 0.25) is 0 Å². The van der Waals surface area contributed by atoms with Gasteiger partial charge in [0.25, 0.3) is 0 Å². The van der Waals surface area contributed by atoms with Crippen LogP contribution >= 0.6 is 12.6 Å². The summed E-state index contributed by atoms with van der Waals surface area (Å²) in [7, 11) is 0. The molecule has 0 saturated heterocycles. The molecule has 0 aliphatic rings. The number of thiol groups is 1. The second kappa shape index (κ2) is 7.53. The largest absolute Gasteiger partial charge is 0.352 e. The highest BCUT2D eigenvalue weighted by Gasteiger charge is 2.10. The van der Waals surface area contributed by atoms with Crippen LogP contribution in [0.15, 0.2) is 60.6 Å². The Morgan fingerprint density at radius 3 is 2.48 bits per heavy atom. The fourth-order valence-corrected chi connectivity index (χ4v) is 3.01. The van der Waals surface area contributed by atoms with Gasteiger partial charge in [0.15, 0.2) is 0 Å². The smallest absolute Gasteiger partial charge is 0.101 e. The summed E-state index contributed by atoms with van der Waals surface area (Å²) in [6, 6.07) is 12.4. The lowest BCUT2D eigenvalue weighted by Crippen LogP contribution is -1.89. The van der Waals surface area contributed by atoms with E-state index in [2.05, 4.69) is 73.0 Å². The number of pyridine rings is 2. The third kappa shape index (κ3) is 3.59. The van der Waals surface area contributed by atoms with Gasteiger partial charge in [-0.3, -0.25) is 4.98 Å². The van der Waals surface area contributed by atoms with Crippen LogP contribution in [-0.4, -0.2) is 15.0 Å². The summed E-state index contributed by atoms with van der Waals surface area (Å²) in [5.74, 6) is 0. The van der Waals surface area contributed by atoms with Crippen molar-refractivity contribution in [3.63, 3.8) is 0 Å². The number of nitrogens with one attached hydrogen (secondary N) is 1. The zero-order chi connectivity index (χ0) is 17.3. The quantitative estimate of drug-likeness (QED) is 0.321. The molecule has 0 fully saturated rings. The lowest BCUT2D eigenvalue weighted by molar-refractivity contribution is 1.26. The summed E-state index contributed by atoms with van der Waals surface area (Å²) in [6.45, 7) is 10.1. The zero-order valence-corrected chi connectivity index (χ0v) is 14.7. The van der Waals surface area contributed by atoms with Crippen molar-refractivity contribution in [3.05, 3.63) is 66.9 Å². The highest BCUT2D eigenvalue weighted by atomic mass is 32.1. The van der Waals surface area contributed by atoms with E-state index in [1.54, 1.807) is 0 Å². The van der Waals surface area contributed by atoms with E-state index in [4.69, 9.17) is 4.98 Å². The number of hydrogen-bond donors (Lipinski definition) is 2. The molecular weight excluding hydrogens is 326 g/mol. The van der Waals surface area contributed by atoms with Crippen molar-refractivity contribution in [2.75, 3.05) is 0 Å². The molecule has 0 radical (unpaired) electrons. The minimum atomic E-state index is 0. The molecule has 128 valence electrons. The summed E-state index contributed by atoms with van der Waals surface area (Å²) in [4.78, 5) is 13.5. The minimum absolute atomic E-state index is 0. The van der Waals surface area contributed by atoms with Gasteiger partial charge in [0, 0.05) is 16.5 Å². The van der Waals surface area contributed by atoms with Gasteiger partial charge < -0.3 is 4.98 Å². The molecule has 0 atom stereocenters. The Morgan fingerprint density at radius 1 is 0.960 bits per heavy atom. The molecular formula is C21H23N3S. The third-order valence-electron chi connectivity index (χ3n) is 3.81. The lowest BCUT2D eigenvalue weighted by Gasteiger charge is -2.06. The van der Waals surface area contributed by atoms with E-state index in [1.165, 1.54) is 5.56 Å². The summed E-state index contributed by atoms with van der Waals surface area (Å²) in [5.41, 5.74) is 7.09. The molecule has 0 spiro atoms. The molecule has 25 heavy (non-hydrogen) atoms. The SMILES string of the molecule is C.C=C.Cc1ccc2cc(S)c(-c3cc4ncc(C)cc4[nH]3)nc2c1. The second-order valence-electron chi connectivity index (χ2n) is 5.68. The molecule has 0 aliphatic carbocycles. The molecule has 0 saturated carbocycles. The predicted octanol–water partition coefficient (Wildman–Crippen LogP) is 6.12. The number of nitrogens with zero attached hydrogens (tertiary/aromatic N) is 2. The molecule has 4 heteroatoms. The van der Waals surface area contributed by atoms with Gasteiger partial charge in [-0.15, -0.1) is 25.8 Å². The average Bonchev–Trinajstić information content (AvgIpc) is 2.99. The molecule has 0 aliphatic heterocycles. The highest BCUT2D eigenvalue weighted by Crippen LogP contribution is 2.30. The summed E-state index contributed by atoms with van der Waals surface area (Å²) >= 11 is 4.61. The van der Waals surface area contributed by atoms with Gasteiger partial charge in [-0.2, -0.15) is 0 Å². The Labute approximate surface area is 154 Å². The minimum Gasteiger partial charge on any atom is -0.352 e. The number of rotatable bonds is 1. The van der Waals surface area contributed by atoms with Crippen molar-refractivity contribution < 1.29 is 0 Å². The molecule has 0 bridgehead atoms. The second-order valence-corrected chi connectivity index (χ2v) is 6.16. The van der Waals surface area contributed by atoms with Crippen LogP contribution in [0.1, 0.15) is 18.6 Å². The highest BCUT2D eigenvalue weighted by molar-refractivity contribution is 7.80. The Balaban J connectivity index is 0.000000726. The van der Waals surface area contributed by atoms with E-state index < -0.39 is 0 Å². The van der Waals surface area contributed by atoms with Gasteiger partial charge in [0.1, 0.15) is 5.69 Å². The van der Waals surface area contributed by atoms with Gasteiger partial charge in [0.05, 0.1) is 22.2 Å². The van der Waals surface area contributed by atoms with E-state index in [-0.39, 0.29) is 7.43 Å². The van der Waals surface area contributed by atoms with Crippen molar-refractivity contribution in [1.82, 2.24) is 15.0 Å². The Morgan fingerprint density at radius 2 is 1.72 bits per heavy atom. The van der Waals surface area contributed by atoms with Crippen LogP contribution in [0.4, 0.5) is 0 Å². The zero-order valence-electron chi connectivity index (χ0n) is 13.8. The Bertz CT molecular complexity index is 1030. The van der Waals surface area contributed by atoms with Gasteiger partial charge in [-0.25, -0.2) is 4.98 Å². The summed E-state index contributed by atoms with van der Waals surface area (Å²) < 4.78 is 0. The maximum Gasteiger partial charge on any atom is 0.101 e. The van der Waals surface area contributed by atoms with Gasteiger partial charge in [-0.05, 0) is 49.2 Å². The fraction of sp³-hybridized carbons (Fsp3) is 0.143. The van der Waals surface area contributed by atoms with E-state index in [0.717, 1.165) is 43.8 Å². The van der Waals surface area contributed by atoms with E-state index >= 15 is 0 Å². The average molecular weight is 350 g/mol. The first-order chi connectivity index (χ1) is 11.6. The van der Waals surface area contributed by atoms with Crippen LogP contribution in [0.5, 0.6) is 0 Å². The van der Waals surface area contributed by atoms with Crippen LogP contribution in [-0.2, 0) is 0 Å². The molecule has 4 aromatic rings. The number of hydrogen-bond acceptors (Lipinski definition) is 3. The molecule has 3 heterocycles. The number of aromatic amines is 1. The van der Waals surface area contributed by atoms with E-state index in [1.807, 2.05) is 19.2 Å². The van der Waals surface area contributed by atoms with Crippen molar-refractivity contribution in [1.29, 1.82) is 0 Å². The molecule has 0 amide bonds. The van der Waals surface area contributed by atoms with E-state index in [0.29, 0.717) is 0 Å². The van der Waals surface area contributed by atoms with Gasteiger partial charge >= 0.3 is 0 Å².